The number of aliphatic hydroxyl groups excluding tert-OH is 1. The Morgan fingerprint density at radius 1 is 1.82 bits per heavy atom. The van der Waals surface area contributed by atoms with Gasteiger partial charge < -0.3 is 9.67 Å². The lowest BCUT2D eigenvalue weighted by atomic mass is 10.5. The molecular formula is C7H9ClN2O. The van der Waals surface area contributed by atoms with Crippen LogP contribution in [-0.2, 0) is 13.2 Å². The predicted molar refractivity (Wildman–Crippen MR) is 43.1 cm³/mol. The predicted octanol–water partition coefficient (Wildman–Crippen LogP) is 1.13. The van der Waals surface area contributed by atoms with Gasteiger partial charge in [0.2, 0.25) is 0 Å². The van der Waals surface area contributed by atoms with Crippen molar-refractivity contribution < 1.29 is 5.11 Å². The van der Waals surface area contributed by atoms with E-state index in [1.807, 2.05) is 0 Å². The molecule has 0 amide bonds. The molecule has 0 unspecified atom stereocenters. The van der Waals surface area contributed by atoms with Gasteiger partial charge in [-0.05, 0) is 0 Å². The molecule has 0 radical (unpaired) electrons. The Balaban J connectivity index is 2.76. The number of halogens is 1. The van der Waals surface area contributed by atoms with Crippen molar-refractivity contribution in [2.24, 2.45) is 0 Å². The molecule has 0 atom stereocenters. The molecule has 60 valence electrons. The van der Waals surface area contributed by atoms with Crippen molar-refractivity contribution in [1.82, 2.24) is 9.55 Å². The maximum absolute atomic E-state index is 8.76. The summed E-state index contributed by atoms with van der Waals surface area (Å²) in [6.45, 7) is 3.97. The molecule has 1 aromatic rings. The Morgan fingerprint density at radius 3 is 3.09 bits per heavy atom. The number of hydrogen-bond donors (Lipinski definition) is 1. The van der Waals surface area contributed by atoms with E-state index in [9.17, 15) is 0 Å². The first-order chi connectivity index (χ1) is 5.24. The summed E-state index contributed by atoms with van der Waals surface area (Å²) in [6.07, 6.45) is 3.37. The average Bonchev–Trinajstić information content (AvgIpc) is 2.34. The first kappa shape index (κ1) is 8.30. The highest BCUT2D eigenvalue weighted by Crippen LogP contribution is 2.04. The standard InChI is InChI=1S/C7H9ClN2O/c1-6(8)4-10-3-2-9-7(10)5-11/h2-3,11H,1,4-5H2. The van der Waals surface area contributed by atoms with E-state index >= 15 is 0 Å². The van der Waals surface area contributed by atoms with Gasteiger partial charge in [-0.15, -0.1) is 0 Å². The van der Waals surface area contributed by atoms with Crippen LogP contribution in [0.2, 0.25) is 0 Å². The molecule has 0 bridgehead atoms. The number of rotatable bonds is 3. The van der Waals surface area contributed by atoms with Gasteiger partial charge >= 0.3 is 0 Å². The molecule has 4 heteroatoms. The smallest absolute Gasteiger partial charge is 0.134 e. The van der Waals surface area contributed by atoms with Crippen molar-refractivity contribution in [2.75, 3.05) is 0 Å². The van der Waals surface area contributed by atoms with E-state index in [0.29, 0.717) is 17.4 Å². The van der Waals surface area contributed by atoms with Crippen LogP contribution in [0.15, 0.2) is 24.0 Å². The normalized spacial score (nSPS) is 10.0. The van der Waals surface area contributed by atoms with Gasteiger partial charge in [-0.25, -0.2) is 4.98 Å². The summed E-state index contributed by atoms with van der Waals surface area (Å²) >= 11 is 5.57. The van der Waals surface area contributed by atoms with Gasteiger partial charge in [0.05, 0.1) is 6.54 Å². The molecule has 1 rings (SSSR count). The van der Waals surface area contributed by atoms with Gasteiger partial charge in [0.15, 0.2) is 0 Å². The second-order valence-electron chi connectivity index (χ2n) is 2.15. The maximum Gasteiger partial charge on any atom is 0.134 e. The van der Waals surface area contributed by atoms with Crippen LogP contribution in [0, 0.1) is 0 Å². The molecule has 1 heterocycles. The fourth-order valence-corrected chi connectivity index (χ4v) is 0.949. The van der Waals surface area contributed by atoms with Crippen molar-refractivity contribution in [3.05, 3.63) is 29.8 Å². The van der Waals surface area contributed by atoms with Crippen molar-refractivity contribution >= 4 is 11.6 Å². The number of hydrogen-bond acceptors (Lipinski definition) is 2. The molecule has 11 heavy (non-hydrogen) atoms. The Bertz CT molecular complexity index is 257. The minimum atomic E-state index is -0.0723. The third kappa shape index (κ3) is 2.06. The molecule has 0 aliphatic heterocycles. The fourth-order valence-electron chi connectivity index (χ4n) is 0.820. The van der Waals surface area contributed by atoms with Gasteiger partial charge in [-0.2, -0.15) is 0 Å². The van der Waals surface area contributed by atoms with Gasteiger partial charge in [-0.3, -0.25) is 0 Å². The monoisotopic (exact) mass is 172 g/mol. The summed E-state index contributed by atoms with van der Waals surface area (Å²) in [4.78, 5) is 3.90. The summed E-state index contributed by atoms with van der Waals surface area (Å²) < 4.78 is 1.75. The summed E-state index contributed by atoms with van der Waals surface area (Å²) in [5.74, 6) is 0.604. The Labute approximate surface area is 69.9 Å². The number of nitrogens with zero attached hydrogens (tertiary/aromatic N) is 2. The molecule has 1 aromatic heterocycles. The van der Waals surface area contributed by atoms with Crippen LogP contribution in [0.25, 0.3) is 0 Å². The highest BCUT2D eigenvalue weighted by atomic mass is 35.5. The number of aliphatic hydroxyl groups is 1. The van der Waals surface area contributed by atoms with Crippen LogP contribution in [-0.4, -0.2) is 14.7 Å². The third-order valence-electron chi connectivity index (χ3n) is 1.29. The lowest BCUT2D eigenvalue weighted by Gasteiger charge is -2.02. The summed E-state index contributed by atoms with van der Waals surface area (Å²) in [5.41, 5.74) is 0. The SMILES string of the molecule is C=C(Cl)Cn1ccnc1CO. The molecule has 0 fully saturated rings. The zero-order valence-electron chi connectivity index (χ0n) is 6.00. The van der Waals surface area contributed by atoms with E-state index in [2.05, 4.69) is 11.6 Å². The van der Waals surface area contributed by atoms with Crippen molar-refractivity contribution in [3.8, 4) is 0 Å². The number of allylic oxidation sites excluding steroid dienone is 1. The Kier molecular flexibility index (Phi) is 2.68. The molecule has 0 saturated heterocycles. The van der Waals surface area contributed by atoms with Crippen LogP contribution in [0.4, 0.5) is 0 Å². The first-order valence-electron chi connectivity index (χ1n) is 3.18. The second kappa shape index (κ2) is 3.55. The van der Waals surface area contributed by atoms with Gasteiger partial charge in [-0.1, -0.05) is 18.2 Å². The lowest BCUT2D eigenvalue weighted by Crippen LogP contribution is -2.02. The Morgan fingerprint density at radius 2 is 2.55 bits per heavy atom. The van der Waals surface area contributed by atoms with E-state index in [1.165, 1.54) is 0 Å². The molecular weight excluding hydrogens is 164 g/mol. The summed E-state index contributed by atoms with van der Waals surface area (Å²) in [5, 5.41) is 9.29. The van der Waals surface area contributed by atoms with Crippen LogP contribution < -0.4 is 0 Å². The largest absolute Gasteiger partial charge is 0.388 e. The van der Waals surface area contributed by atoms with Crippen LogP contribution in [0.1, 0.15) is 5.82 Å². The molecule has 0 aliphatic carbocycles. The molecule has 1 N–H and O–H groups in total. The van der Waals surface area contributed by atoms with Crippen molar-refractivity contribution in [2.45, 2.75) is 13.2 Å². The average molecular weight is 173 g/mol. The van der Waals surface area contributed by atoms with Gasteiger partial charge in [0.25, 0.3) is 0 Å². The molecule has 0 saturated carbocycles. The summed E-state index contributed by atoms with van der Waals surface area (Å²) in [6, 6.07) is 0. The highest BCUT2D eigenvalue weighted by molar-refractivity contribution is 6.29. The van der Waals surface area contributed by atoms with Crippen molar-refractivity contribution in [1.29, 1.82) is 0 Å². The van der Waals surface area contributed by atoms with Crippen LogP contribution in [0.5, 0.6) is 0 Å². The molecule has 0 aromatic carbocycles. The zero-order valence-corrected chi connectivity index (χ0v) is 6.75. The third-order valence-corrected chi connectivity index (χ3v) is 1.40. The first-order valence-corrected chi connectivity index (χ1v) is 3.56. The van der Waals surface area contributed by atoms with Crippen LogP contribution >= 0.6 is 11.6 Å². The fraction of sp³-hybridized carbons (Fsp3) is 0.286. The lowest BCUT2D eigenvalue weighted by molar-refractivity contribution is 0.266. The Hall–Kier alpha value is -0.800. The summed E-state index contributed by atoms with van der Waals surface area (Å²) in [7, 11) is 0. The van der Waals surface area contributed by atoms with E-state index in [-0.39, 0.29) is 6.61 Å². The van der Waals surface area contributed by atoms with Crippen molar-refractivity contribution in [3.63, 3.8) is 0 Å². The van der Waals surface area contributed by atoms with Crippen LogP contribution in [0.3, 0.4) is 0 Å². The highest BCUT2D eigenvalue weighted by Gasteiger charge is 1.99. The van der Waals surface area contributed by atoms with Gasteiger partial charge in [0.1, 0.15) is 12.4 Å². The van der Waals surface area contributed by atoms with E-state index in [0.717, 1.165) is 0 Å². The molecule has 0 spiro atoms. The minimum absolute atomic E-state index is 0.0723. The number of aromatic nitrogens is 2. The quantitative estimate of drug-likeness (QED) is 0.742. The second-order valence-corrected chi connectivity index (χ2v) is 2.68. The van der Waals surface area contributed by atoms with E-state index in [1.54, 1.807) is 17.0 Å². The minimum Gasteiger partial charge on any atom is -0.388 e. The van der Waals surface area contributed by atoms with Gasteiger partial charge in [0, 0.05) is 17.4 Å². The zero-order chi connectivity index (χ0) is 8.27. The van der Waals surface area contributed by atoms with E-state index < -0.39 is 0 Å². The molecule has 3 nitrogen and oxygen atoms in total. The maximum atomic E-state index is 8.76. The topological polar surface area (TPSA) is 38.0 Å². The number of imidazole rings is 1. The molecule has 0 aliphatic rings. The van der Waals surface area contributed by atoms with E-state index in [4.69, 9.17) is 16.7 Å².